The minimum atomic E-state index is -4.48. The fourth-order valence-electron chi connectivity index (χ4n) is 4.95. The van der Waals surface area contributed by atoms with Crippen molar-refractivity contribution in [3.05, 3.63) is 47.0 Å². The summed E-state index contributed by atoms with van der Waals surface area (Å²) in [5.41, 5.74) is -0.694. The number of nitrogens with zero attached hydrogens (tertiary/aromatic N) is 2. The number of alkyl halides is 3. The molecule has 1 aliphatic heterocycles. The quantitative estimate of drug-likeness (QED) is 0.0807. The number of benzene rings is 1. The lowest BCUT2D eigenvalue weighted by atomic mass is 9.83. The molecule has 0 aromatic heterocycles. The number of halogens is 3. The topological polar surface area (TPSA) is 148 Å². The molecule has 0 aliphatic carbocycles. The Morgan fingerprint density at radius 2 is 1.37 bits per heavy atom. The molecule has 1 saturated heterocycles. The second kappa shape index (κ2) is 22.2. The van der Waals surface area contributed by atoms with E-state index in [0.717, 1.165) is 12.1 Å². The SMILES string of the molecule is CC(C)(C)/C=C(\C#N)C(=O)N1CC(C(=O)NCCOCCOCCOCCOCCOCCNC=O)CC(c2ccc(C(F)(F)F)cc2)C1. The number of rotatable bonds is 22. The third-order valence-electron chi connectivity index (χ3n) is 7.25. The molecule has 1 heterocycles. The maximum absolute atomic E-state index is 13.4. The third kappa shape index (κ3) is 17.1. The van der Waals surface area contributed by atoms with Gasteiger partial charge in [-0.25, -0.2) is 0 Å². The Bertz CT molecular complexity index is 1220. The third-order valence-corrected chi connectivity index (χ3v) is 7.25. The molecule has 274 valence electrons. The van der Waals surface area contributed by atoms with E-state index in [9.17, 15) is 32.8 Å². The first-order chi connectivity index (χ1) is 23.4. The zero-order valence-electron chi connectivity index (χ0n) is 28.5. The first-order valence-corrected chi connectivity index (χ1v) is 16.3. The standard InChI is InChI=1S/C34H49F3N4O8/c1-33(2,3)21-29(22-38)32(44)41-23-27(26-4-6-30(7-5-26)34(35,36)37)20-28(24-41)31(43)40-9-11-46-13-15-48-17-19-49-18-16-47-14-12-45-10-8-39-25-42/h4-7,21,25,27-28H,8-20,23-24H2,1-3H3,(H,39,42)(H,40,43)/b29-21+. The molecule has 1 aliphatic rings. The summed E-state index contributed by atoms with van der Waals surface area (Å²) in [7, 11) is 0. The molecule has 12 nitrogen and oxygen atoms in total. The zero-order valence-corrected chi connectivity index (χ0v) is 28.5. The molecule has 0 saturated carbocycles. The molecule has 2 N–H and O–H groups in total. The van der Waals surface area contributed by atoms with E-state index < -0.39 is 34.9 Å². The molecular weight excluding hydrogens is 649 g/mol. The van der Waals surface area contributed by atoms with Crippen LogP contribution in [0.1, 0.15) is 44.2 Å². The van der Waals surface area contributed by atoms with Gasteiger partial charge in [0.25, 0.3) is 5.91 Å². The normalized spacial score (nSPS) is 17.0. The van der Waals surface area contributed by atoms with Crippen molar-refractivity contribution in [2.45, 2.75) is 39.3 Å². The van der Waals surface area contributed by atoms with Crippen LogP contribution in [0.4, 0.5) is 13.2 Å². The van der Waals surface area contributed by atoms with Crippen molar-refractivity contribution in [3.8, 4) is 6.07 Å². The lowest BCUT2D eigenvalue weighted by Crippen LogP contribution is -2.48. The highest BCUT2D eigenvalue weighted by Gasteiger charge is 2.36. The number of hydrogen-bond donors (Lipinski definition) is 2. The fourth-order valence-corrected chi connectivity index (χ4v) is 4.95. The van der Waals surface area contributed by atoms with Crippen molar-refractivity contribution in [2.75, 3.05) is 92.2 Å². The van der Waals surface area contributed by atoms with Crippen LogP contribution >= 0.6 is 0 Å². The van der Waals surface area contributed by atoms with Gasteiger partial charge in [-0.2, -0.15) is 18.4 Å². The van der Waals surface area contributed by atoms with Crippen LogP contribution < -0.4 is 10.6 Å². The van der Waals surface area contributed by atoms with Gasteiger partial charge < -0.3 is 39.2 Å². The summed E-state index contributed by atoms with van der Waals surface area (Å²) >= 11 is 0. The van der Waals surface area contributed by atoms with Gasteiger partial charge >= 0.3 is 6.18 Å². The number of carbonyl (C=O) groups is 3. The Labute approximate surface area is 286 Å². The minimum absolute atomic E-state index is 0.0460. The molecule has 2 rings (SSSR count). The average Bonchev–Trinajstić information content (AvgIpc) is 3.06. The van der Waals surface area contributed by atoms with E-state index in [4.69, 9.17) is 23.7 Å². The fraction of sp³-hybridized carbons (Fsp3) is 0.647. The molecule has 49 heavy (non-hydrogen) atoms. The van der Waals surface area contributed by atoms with Gasteiger partial charge in [-0.3, -0.25) is 14.4 Å². The molecule has 1 aromatic rings. The van der Waals surface area contributed by atoms with Crippen LogP contribution in [0.25, 0.3) is 0 Å². The van der Waals surface area contributed by atoms with Crippen molar-refractivity contribution in [2.24, 2.45) is 11.3 Å². The summed E-state index contributed by atoms with van der Waals surface area (Å²) < 4.78 is 66.5. The Kier molecular flexibility index (Phi) is 18.9. The predicted octanol–water partition coefficient (Wildman–Crippen LogP) is 3.08. The van der Waals surface area contributed by atoms with Crippen LogP contribution in [0, 0.1) is 22.7 Å². The minimum Gasteiger partial charge on any atom is -0.377 e. The van der Waals surface area contributed by atoms with E-state index in [0.29, 0.717) is 84.4 Å². The molecule has 15 heteroatoms. The van der Waals surface area contributed by atoms with Crippen LogP contribution in [0.2, 0.25) is 0 Å². The average molecular weight is 699 g/mol. The summed E-state index contributed by atoms with van der Waals surface area (Å²) in [4.78, 5) is 38.1. The molecule has 2 unspecified atom stereocenters. The molecule has 2 atom stereocenters. The van der Waals surface area contributed by atoms with E-state index in [1.165, 1.54) is 17.0 Å². The lowest BCUT2D eigenvalue weighted by molar-refractivity contribution is -0.137. The van der Waals surface area contributed by atoms with E-state index in [2.05, 4.69) is 10.6 Å². The number of hydrogen-bond acceptors (Lipinski definition) is 9. The summed E-state index contributed by atoms with van der Waals surface area (Å²) in [5.74, 6) is -1.87. The van der Waals surface area contributed by atoms with Crippen molar-refractivity contribution >= 4 is 18.2 Å². The largest absolute Gasteiger partial charge is 0.416 e. The Balaban J connectivity index is 1.74. The highest BCUT2D eigenvalue weighted by atomic mass is 19.4. The Hall–Kier alpha value is -3.55. The number of carbonyl (C=O) groups excluding carboxylic acids is 3. The molecule has 1 fully saturated rings. The van der Waals surface area contributed by atoms with E-state index in [-0.39, 0.29) is 37.7 Å². The van der Waals surface area contributed by atoms with E-state index >= 15 is 0 Å². The van der Waals surface area contributed by atoms with Gasteiger partial charge in [-0.05, 0) is 29.5 Å². The van der Waals surface area contributed by atoms with Crippen molar-refractivity contribution < 1.29 is 51.2 Å². The van der Waals surface area contributed by atoms with Crippen molar-refractivity contribution in [1.29, 1.82) is 5.26 Å². The second-order valence-corrected chi connectivity index (χ2v) is 12.4. The lowest BCUT2D eigenvalue weighted by Gasteiger charge is -2.37. The number of piperidine rings is 1. The second-order valence-electron chi connectivity index (χ2n) is 12.4. The van der Waals surface area contributed by atoms with Crippen LogP contribution in [-0.2, 0) is 44.2 Å². The predicted molar refractivity (Wildman–Crippen MR) is 173 cm³/mol. The maximum Gasteiger partial charge on any atom is 0.416 e. The summed E-state index contributed by atoms with van der Waals surface area (Å²) in [5, 5.41) is 15.0. The Morgan fingerprint density at radius 3 is 1.84 bits per heavy atom. The Morgan fingerprint density at radius 1 is 0.857 bits per heavy atom. The van der Waals surface area contributed by atoms with Gasteiger partial charge in [0, 0.05) is 32.1 Å². The van der Waals surface area contributed by atoms with Crippen LogP contribution in [-0.4, -0.2) is 115 Å². The highest BCUT2D eigenvalue weighted by molar-refractivity contribution is 5.97. The number of nitrogens with one attached hydrogen (secondary N) is 2. The van der Waals surface area contributed by atoms with Crippen molar-refractivity contribution in [1.82, 2.24) is 15.5 Å². The number of nitriles is 1. The molecule has 0 spiro atoms. The highest BCUT2D eigenvalue weighted by Crippen LogP contribution is 2.34. The van der Waals surface area contributed by atoms with Gasteiger partial charge in [-0.15, -0.1) is 0 Å². The van der Waals surface area contributed by atoms with Crippen LogP contribution in [0.15, 0.2) is 35.9 Å². The van der Waals surface area contributed by atoms with Crippen LogP contribution in [0.3, 0.4) is 0 Å². The first-order valence-electron chi connectivity index (χ1n) is 16.3. The zero-order chi connectivity index (χ0) is 36.1. The summed E-state index contributed by atoms with van der Waals surface area (Å²) in [6.07, 6.45) is -1.96. The monoisotopic (exact) mass is 698 g/mol. The molecule has 0 radical (unpaired) electrons. The van der Waals surface area contributed by atoms with Gasteiger partial charge in [0.2, 0.25) is 12.3 Å². The van der Waals surface area contributed by atoms with Gasteiger partial charge in [0.1, 0.15) is 11.6 Å². The van der Waals surface area contributed by atoms with Crippen LogP contribution in [0.5, 0.6) is 0 Å². The smallest absolute Gasteiger partial charge is 0.377 e. The summed E-state index contributed by atoms with van der Waals surface area (Å²) in [6.45, 7) is 10.2. The number of ether oxygens (including phenoxy) is 5. The molecule has 0 bridgehead atoms. The van der Waals surface area contributed by atoms with Gasteiger partial charge in [0.15, 0.2) is 0 Å². The van der Waals surface area contributed by atoms with Gasteiger partial charge in [-0.1, -0.05) is 39.0 Å². The first kappa shape index (κ1) is 41.6. The molecular formula is C34H49F3N4O8. The number of likely N-dealkylation sites (tertiary alicyclic amines) is 1. The maximum atomic E-state index is 13.4. The van der Waals surface area contributed by atoms with Gasteiger partial charge in [0.05, 0.1) is 77.6 Å². The van der Waals surface area contributed by atoms with Crippen molar-refractivity contribution in [3.63, 3.8) is 0 Å². The number of amides is 3. The van der Waals surface area contributed by atoms with E-state index in [1.807, 2.05) is 26.8 Å². The van der Waals surface area contributed by atoms with E-state index in [1.54, 1.807) is 6.08 Å². The summed E-state index contributed by atoms with van der Waals surface area (Å²) in [6, 6.07) is 6.70. The molecule has 3 amide bonds. The number of allylic oxidation sites excluding steroid dienone is 1. The molecule has 1 aromatic carbocycles.